The van der Waals surface area contributed by atoms with Gasteiger partial charge in [-0.15, -0.1) is 0 Å². The quantitative estimate of drug-likeness (QED) is 0.798. The van der Waals surface area contributed by atoms with Crippen LogP contribution < -0.4 is 0 Å². The van der Waals surface area contributed by atoms with Gasteiger partial charge in [-0.05, 0) is 25.0 Å². The van der Waals surface area contributed by atoms with Crippen LogP contribution in [0.1, 0.15) is 25.4 Å². The number of carbonyl (C=O) groups is 1. The van der Waals surface area contributed by atoms with Crippen molar-refractivity contribution in [1.29, 1.82) is 0 Å². The van der Waals surface area contributed by atoms with Gasteiger partial charge in [-0.2, -0.15) is 0 Å². The maximum Gasteiger partial charge on any atom is 0.236 e. The SMILES string of the molecule is Cc1ccc(CN(C)C(=O)C(Br)C(C)C)o1. The smallest absolute Gasteiger partial charge is 0.236 e. The topological polar surface area (TPSA) is 33.5 Å². The molecule has 0 aliphatic heterocycles. The van der Waals surface area contributed by atoms with E-state index < -0.39 is 0 Å². The van der Waals surface area contributed by atoms with Gasteiger partial charge in [0.25, 0.3) is 0 Å². The van der Waals surface area contributed by atoms with Crippen LogP contribution in [0.2, 0.25) is 0 Å². The van der Waals surface area contributed by atoms with Crippen LogP contribution >= 0.6 is 15.9 Å². The van der Waals surface area contributed by atoms with Crippen molar-refractivity contribution in [2.75, 3.05) is 7.05 Å². The minimum Gasteiger partial charge on any atom is -0.464 e. The maximum atomic E-state index is 11.9. The molecule has 1 unspecified atom stereocenters. The van der Waals surface area contributed by atoms with Gasteiger partial charge in [0.15, 0.2) is 0 Å². The van der Waals surface area contributed by atoms with Gasteiger partial charge < -0.3 is 9.32 Å². The zero-order chi connectivity index (χ0) is 12.3. The standard InChI is InChI=1S/C12H18BrNO2/c1-8(2)11(13)12(15)14(4)7-10-6-5-9(3)16-10/h5-6,8,11H,7H2,1-4H3. The average molecular weight is 288 g/mol. The summed E-state index contributed by atoms with van der Waals surface area (Å²) < 4.78 is 5.44. The van der Waals surface area contributed by atoms with Crippen LogP contribution in [-0.2, 0) is 11.3 Å². The predicted molar refractivity (Wildman–Crippen MR) is 67.5 cm³/mol. The zero-order valence-electron chi connectivity index (χ0n) is 10.2. The van der Waals surface area contributed by atoms with Crippen LogP contribution in [0, 0.1) is 12.8 Å². The second kappa shape index (κ2) is 5.53. The van der Waals surface area contributed by atoms with Crippen LogP contribution in [-0.4, -0.2) is 22.7 Å². The van der Waals surface area contributed by atoms with Gasteiger partial charge >= 0.3 is 0 Å². The Morgan fingerprint density at radius 2 is 2.12 bits per heavy atom. The highest BCUT2D eigenvalue weighted by atomic mass is 79.9. The molecule has 0 saturated carbocycles. The molecule has 0 spiro atoms. The summed E-state index contributed by atoms with van der Waals surface area (Å²) in [6, 6.07) is 3.80. The Hall–Kier alpha value is -0.770. The molecule has 0 aliphatic rings. The Balaban J connectivity index is 2.58. The largest absolute Gasteiger partial charge is 0.464 e. The summed E-state index contributed by atoms with van der Waals surface area (Å²) in [6.07, 6.45) is 0. The Morgan fingerprint density at radius 1 is 1.50 bits per heavy atom. The third kappa shape index (κ3) is 3.37. The zero-order valence-corrected chi connectivity index (χ0v) is 11.7. The molecule has 0 radical (unpaired) electrons. The molecule has 1 amide bonds. The summed E-state index contributed by atoms with van der Waals surface area (Å²) in [6.45, 7) is 6.44. The van der Waals surface area contributed by atoms with Crippen molar-refractivity contribution in [3.05, 3.63) is 23.7 Å². The van der Waals surface area contributed by atoms with Gasteiger partial charge in [0.05, 0.1) is 11.4 Å². The van der Waals surface area contributed by atoms with Crippen LogP contribution in [0.4, 0.5) is 0 Å². The summed E-state index contributed by atoms with van der Waals surface area (Å²) in [5, 5.41) is 0. The molecule has 1 heterocycles. The van der Waals surface area contributed by atoms with Crippen LogP contribution in [0.15, 0.2) is 16.5 Å². The fraction of sp³-hybridized carbons (Fsp3) is 0.583. The summed E-state index contributed by atoms with van der Waals surface area (Å²) in [5.41, 5.74) is 0. The molecule has 3 nitrogen and oxygen atoms in total. The average Bonchev–Trinajstić information content (AvgIpc) is 2.61. The van der Waals surface area contributed by atoms with Gasteiger partial charge in [-0.25, -0.2) is 0 Å². The van der Waals surface area contributed by atoms with Crippen LogP contribution in [0.3, 0.4) is 0 Å². The van der Waals surface area contributed by atoms with Crippen LogP contribution in [0.5, 0.6) is 0 Å². The number of hydrogen-bond donors (Lipinski definition) is 0. The molecule has 1 rings (SSSR count). The van der Waals surface area contributed by atoms with E-state index in [0.717, 1.165) is 11.5 Å². The van der Waals surface area contributed by atoms with E-state index in [4.69, 9.17) is 4.42 Å². The maximum absolute atomic E-state index is 11.9. The molecule has 16 heavy (non-hydrogen) atoms. The van der Waals surface area contributed by atoms with Crippen molar-refractivity contribution >= 4 is 21.8 Å². The summed E-state index contributed by atoms with van der Waals surface area (Å²) in [5.74, 6) is 2.06. The van der Waals surface area contributed by atoms with E-state index in [9.17, 15) is 4.79 Å². The third-order valence-electron chi connectivity index (χ3n) is 2.39. The number of hydrogen-bond acceptors (Lipinski definition) is 2. The number of alkyl halides is 1. The molecule has 0 N–H and O–H groups in total. The predicted octanol–water partition coefficient (Wildman–Crippen LogP) is 2.97. The Labute approximate surface area is 105 Å². The lowest BCUT2D eigenvalue weighted by Crippen LogP contribution is -2.35. The first-order chi connectivity index (χ1) is 7.41. The lowest BCUT2D eigenvalue weighted by Gasteiger charge is -2.21. The molecule has 4 heteroatoms. The monoisotopic (exact) mass is 287 g/mol. The number of halogens is 1. The second-order valence-corrected chi connectivity index (χ2v) is 5.34. The molecule has 0 aromatic carbocycles. The fourth-order valence-corrected chi connectivity index (χ4v) is 1.73. The van der Waals surface area contributed by atoms with E-state index in [1.165, 1.54) is 0 Å². The van der Waals surface area contributed by atoms with Gasteiger partial charge in [0.1, 0.15) is 11.5 Å². The van der Waals surface area contributed by atoms with E-state index >= 15 is 0 Å². The van der Waals surface area contributed by atoms with E-state index in [-0.39, 0.29) is 16.7 Å². The molecule has 0 fully saturated rings. The highest BCUT2D eigenvalue weighted by Gasteiger charge is 2.22. The van der Waals surface area contributed by atoms with Crippen molar-refractivity contribution in [3.8, 4) is 0 Å². The lowest BCUT2D eigenvalue weighted by atomic mass is 10.1. The van der Waals surface area contributed by atoms with Crippen molar-refractivity contribution in [1.82, 2.24) is 4.90 Å². The van der Waals surface area contributed by atoms with E-state index in [2.05, 4.69) is 15.9 Å². The molecule has 0 aliphatic carbocycles. The Kier molecular flexibility index (Phi) is 4.59. The molecule has 0 bridgehead atoms. The highest BCUT2D eigenvalue weighted by molar-refractivity contribution is 9.10. The number of nitrogens with zero attached hydrogens (tertiary/aromatic N) is 1. The number of carbonyl (C=O) groups excluding carboxylic acids is 1. The minimum absolute atomic E-state index is 0.0871. The van der Waals surface area contributed by atoms with Gasteiger partial charge in [0, 0.05) is 7.05 Å². The second-order valence-electron chi connectivity index (χ2n) is 4.35. The summed E-state index contributed by atoms with van der Waals surface area (Å²) >= 11 is 3.40. The minimum atomic E-state index is -0.131. The van der Waals surface area contributed by atoms with Crippen molar-refractivity contribution in [2.24, 2.45) is 5.92 Å². The summed E-state index contributed by atoms with van der Waals surface area (Å²) in [4.78, 5) is 13.5. The van der Waals surface area contributed by atoms with Gasteiger partial charge in [0.2, 0.25) is 5.91 Å². The van der Waals surface area contributed by atoms with Crippen molar-refractivity contribution in [2.45, 2.75) is 32.1 Å². The molecule has 0 saturated heterocycles. The number of rotatable bonds is 4. The summed E-state index contributed by atoms with van der Waals surface area (Å²) in [7, 11) is 1.79. The van der Waals surface area contributed by atoms with E-state index in [1.807, 2.05) is 32.9 Å². The van der Waals surface area contributed by atoms with Crippen molar-refractivity contribution in [3.63, 3.8) is 0 Å². The first-order valence-electron chi connectivity index (χ1n) is 5.36. The number of furan rings is 1. The molecule has 1 aromatic rings. The van der Waals surface area contributed by atoms with Gasteiger partial charge in [-0.1, -0.05) is 29.8 Å². The third-order valence-corrected chi connectivity index (χ3v) is 3.84. The molecular weight excluding hydrogens is 270 g/mol. The van der Waals surface area contributed by atoms with E-state index in [1.54, 1.807) is 11.9 Å². The highest BCUT2D eigenvalue weighted by Crippen LogP contribution is 2.16. The molecule has 1 aromatic heterocycles. The molecule has 90 valence electrons. The number of amides is 1. The lowest BCUT2D eigenvalue weighted by molar-refractivity contribution is -0.130. The van der Waals surface area contributed by atoms with E-state index in [0.29, 0.717) is 6.54 Å². The number of aryl methyl sites for hydroxylation is 1. The molecule has 1 atom stereocenters. The fourth-order valence-electron chi connectivity index (χ4n) is 1.38. The van der Waals surface area contributed by atoms with Gasteiger partial charge in [-0.3, -0.25) is 4.79 Å². The Morgan fingerprint density at radius 3 is 2.56 bits per heavy atom. The molecular formula is C12H18BrNO2. The van der Waals surface area contributed by atoms with Crippen LogP contribution in [0.25, 0.3) is 0 Å². The normalized spacial score (nSPS) is 12.9. The Bertz CT molecular complexity index is 360. The van der Waals surface area contributed by atoms with Crippen molar-refractivity contribution < 1.29 is 9.21 Å². The first kappa shape index (κ1) is 13.3. The first-order valence-corrected chi connectivity index (χ1v) is 6.27.